The van der Waals surface area contributed by atoms with Crippen molar-refractivity contribution in [1.29, 1.82) is 0 Å². The summed E-state index contributed by atoms with van der Waals surface area (Å²) in [6, 6.07) is 13.2. The molecule has 4 rings (SSSR count). The van der Waals surface area contributed by atoms with Crippen molar-refractivity contribution in [3.63, 3.8) is 0 Å². The first kappa shape index (κ1) is 18.2. The van der Waals surface area contributed by atoms with E-state index < -0.39 is 23.7 Å². The molecule has 1 N–H and O–H groups in total. The van der Waals surface area contributed by atoms with Crippen molar-refractivity contribution < 1.29 is 18.8 Å². The van der Waals surface area contributed by atoms with Crippen LogP contribution in [0.2, 0.25) is 0 Å². The normalized spacial score (nSPS) is 15.6. The monoisotopic (exact) mass is 388 g/mol. The third kappa shape index (κ3) is 3.63. The van der Waals surface area contributed by atoms with Crippen LogP contribution in [0.5, 0.6) is 0 Å². The smallest absolute Gasteiger partial charge is 0.273 e. The molecular formula is C21H13FN4O3. The number of urea groups is 1. The number of carbonyl (C=O) groups is 3. The fourth-order valence-corrected chi connectivity index (χ4v) is 2.80. The highest BCUT2D eigenvalue weighted by Gasteiger charge is 2.36. The number of rotatable bonds is 3. The van der Waals surface area contributed by atoms with Gasteiger partial charge in [0.2, 0.25) is 0 Å². The third-order valence-corrected chi connectivity index (χ3v) is 4.20. The number of nitrogens with zero attached hydrogens (tertiary/aromatic N) is 3. The van der Waals surface area contributed by atoms with Crippen molar-refractivity contribution in [3.05, 3.63) is 83.9 Å². The van der Waals surface area contributed by atoms with E-state index >= 15 is 0 Å². The Morgan fingerprint density at radius 2 is 1.55 bits per heavy atom. The Morgan fingerprint density at radius 3 is 2.21 bits per heavy atom. The number of nitrogens with one attached hydrogen (secondary N) is 1. The van der Waals surface area contributed by atoms with Crippen LogP contribution in [0.25, 0.3) is 17.5 Å². The van der Waals surface area contributed by atoms with E-state index in [4.69, 9.17) is 0 Å². The summed E-state index contributed by atoms with van der Waals surface area (Å²) in [4.78, 5) is 46.3. The number of halogens is 1. The summed E-state index contributed by atoms with van der Waals surface area (Å²) in [5.41, 5.74) is 1.12. The SMILES string of the molecule is O=C1NC(=O)N(c2ccc(F)cc2)C(=O)C1=Cc1cnc(-c2ccccc2)nc1. The Balaban J connectivity index is 1.65. The van der Waals surface area contributed by atoms with E-state index in [1.807, 2.05) is 30.3 Å². The molecule has 8 heteroatoms. The molecule has 7 nitrogen and oxygen atoms in total. The molecule has 1 fully saturated rings. The van der Waals surface area contributed by atoms with Crippen molar-refractivity contribution in [2.45, 2.75) is 0 Å². The lowest BCUT2D eigenvalue weighted by molar-refractivity contribution is -0.122. The second-order valence-electron chi connectivity index (χ2n) is 6.14. The quantitative estimate of drug-likeness (QED) is 0.550. The zero-order valence-electron chi connectivity index (χ0n) is 14.9. The minimum Gasteiger partial charge on any atom is -0.273 e. The van der Waals surface area contributed by atoms with Gasteiger partial charge in [-0.25, -0.2) is 24.1 Å². The lowest BCUT2D eigenvalue weighted by Crippen LogP contribution is -2.54. The molecule has 3 aromatic rings. The third-order valence-electron chi connectivity index (χ3n) is 4.20. The van der Waals surface area contributed by atoms with Gasteiger partial charge in [-0.05, 0) is 30.3 Å². The number of imide groups is 2. The molecule has 1 aromatic heterocycles. The molecule has 4 amide bonds. The summed E-state index contributed by atoms with van der Waals surface area (Å²) in [6.07, 6.45) is 4.25. The number of amides is 4. The van der Waals surface area contributed by atoms with Gasteiger partial charge in [0.25, 0.3) is 11.8 Å². The summed E-state index contributed by atoms with van der Waals surface area (Å²) in [7, 11) is 0. The van der Waals surface area contributed by atoms with Crippen molar-refractivity contribution >= 4 is 29.6 Å². The van der Waals surface area contributed by atoms with Crippen LogP contribution in [0.1, 0.15) is 5.56 Å². The van der Waals surface area contributed by atoms with Crippen LogP contribution in [0.3, 0.4) is 0 Å². The average Bonchev–Trinajstić information content (AvgIpc) is 2.73. The number of barbiturate groups is 1. The maximum atomic E-state index is 13.1. The average molecular weight is 388 g/mol. The van der Waals surface area contributed by atoms with Crippen molar-refractivity contribution in [2.75, 3.05) is 4.90 Å². The molecular weight excluding hydrogens is 375 g/mol. The van der Waals surface area contributed by atoms with Gasteiger partial charge in [-0.3, -0.25) is 14.9 Å². The highest BCUT2D eigenvalue weighted by atomic mass is 19.1. The summed E-state index contributed by atoms with van der Waals surface area (Å²) < 4.78 is 13.1. The second-order valence-corrected chi connectivity index (χ2v) is 6.14. The van der Waals surface area contributed by atoms with Crippen LogP contribution in [0.15, 0.2) is 72.6 Å². The van der Waals surface area contributed by atoms with E-state index in [0.29, 0.717) is 11.4 Å². The molecule has 29 heavy (non-hydrogen) atoms. The first-order valence-corrected chi connectivity index (χ1v) is 8.57. The van der Waals surface area contributed by atoms with Crippen LogP contribution in [0.4, 0.5) is 14.9 Å². The number of carbonyl (C=O) groups excluding carboxylic acids is 3. The van der Waals surface area contributed by atoms with Crippen LogP contribution in [-0.2, 0) is 9.59 Å². The molecule has 0 radical (unpaired) electrons. The zero-order valence-corrected chi connectivity index (χ0v) is 14.9. The Labute approximate surface area is 164 Å². The van der Waals surface area contributed by atoms with Gasteiger partial charge < -0.3 is 0 Å². The van der Waals surface area contributed by atoms with E-state index in [0.717, 1.165) is 22.6 Å². The molecule has 1 aliphatic rings. The predicted molar refractivity (Wildman–Crippen MR) is 103 cm³/mol. The van der Waals surface area contributed by atoms with E-state index in [1.54, 1.807) is 0 Å². The standard InChI is InChI=1S/C21H13FN4O3/c22-15-6-8-16(9-7-15)26-20(28)17(19(27)25-21(26)29)10-13-11-23-18(24-12-13)14-4-2-1-3-5-14/h1-12H,(H,25,27,29). The Bertz CT molecular complexity index is 1130. The largest absolute Gasteiger partial charge is 0.335 e. The van der Waals surface area contributed by atoms with Crippen LogP contribution in [0, 0.1) is 5.82 Å². The predicted octanol–water partition coefficient (Wildman–Crippen LogP) is 2.95. The number of anilines is 1. The van der Waals surface area contributed by atoms with Gasteiger partial charge >= 0.3 is 6.03 Å². The van der Waals surface area contributed by atoms with Crippen molar-refractivity contribution in [2.24, 2.45) is 0 Å². The van der Waals surface area contributed by atoms with E-state index in [9.17, 15) is 18.8 Å². The molecule has 2 aromatic carbocycles. The minimum absolute atomic E-state index is 0.142. The van der Waals surface area contributed by atoms with Gasteiger partial charge in [0.05, 0.1) is 5.69 Å². The van der Waals surface area contributed by atoms with Gasteiger partial charge in [0.1, 0.15) is 11.4 Å². The molecule has 142 valence electrons. The van der Waals surface area contributed by atoms with Gasteiger partial charge in [-0.2, -0.15) is 0 Å². The van der Waals surface area contributed by atoms with Crippen molar-refractivity contribution in [3.8, 4) is 11.4 Å². The number of aromatic nitrogens is 2. The van der Waals surface area contributed by atoms with Crippen LogP contribution in [-0.4, -0.2) is 27.8 Å². The first-order chi connectivity index (χ1) is 14.0. The zero-order chi connectivity index (χ0) is 20.4. The summed E-state index contributed by atoms with van der Waals surface area (Å²) in [6.45, 7) is 0. The molecule has 1 saturated heterocycles. The minimum atomic E-state index is -0.903. The van der Waals surface area contributed by atoms with E-state index in [1.165, 1.54) is 30.6 Å². The Kier molecular flexibility index (Phi) is 4.66. The molecule has 0 aliphatic carbocycles. The maximum Gasteiger partial charge on any atom is 0.335 e. The molecule has 0 atom stereocenters. The number of hydrogen-bond donors (Lipinski definition) is 1. The van der Waals surface area contributed by atoms with E-state index in [2.05, 4.69) is 15.3 Å². The van der Waals surface area contributed by atoms with Crippen LogP contribution >= 0.6 is 0 Å². The topological polar surface area (TPSA) is 92.3 Å². The van der Waals surface area contributed by atoms with Gasteiger partial charge in [0.15, 0.2) is 5.82 Å². The van der Waals surface area contributed by atoms with Crippen molar-refractivity contribution in [1.82, 2.24) is 15.3 Å². The number of benzene rings is 2. The van der Waals surface area contributed by atoms with Crippen LogP contribution < -0.4 is 10.2 Å². The lowest BCUT2D eigenvalue weighted by atomic mass is 10.1. The molecule has 0 spiro atoms. The molecule has 0 bridgehead atoms. The lowest BCUT2D eigenvalue weighted by Gasteiger charge is -2.26. The second kappa shape index (κ2) is 7.43. The molecule has 1 aliphatic heterocycles. The highest BCUT2D eigenvalue weighted by Crippen LogP contribution is 2.22. The molecule has 0 saturated carbocycles. The summed E-state index contributed by atoms with van der Waals surface area (Å²) >= 11 is 0. The Hall–Kier alpha value is -4.20. The summed E-state index contributed by atoms with van der Waals surface area (Å²) in [5.74, 6) is -1.67. The van der Waals surface area contributed by atoms with E-state index in [-0.39, 0.29) is 11.3 Å². The van der Waals surface area contributed by atoms with Gasteiger partial charge in [0, 0.05) is 23.5 Å². The fraction of sp³-hybridized carbons (Fsp3) is 0. The fourth-order valence-electron chi connectivity index (χ4n) is 2.80. The van der Waals surface area contributed by atoms with Gasteiger partial charge in [-0.1, -0.05) is 30.3 Å². The molecule has 2 heterocycles. The Morgan fingerprint density at radius 1 is 0.897 bits per heavy atom. The number of hydrogen-bond acceptors (Lipinski definition) is 5. The van der Waals surface area contributed by atoms with Gasteiger partial charge in [-0.15, -0.1) is 0 Å². The summed E-state index contributed by atoms with van der Waals surface area (Å²) in [5, 5.41) is 2.10. The molecule has 0 unspecified atom stereocenters. The maximum absolute atomic E-state index is 13.1. The first-order valence-electron chi connectivity index (χ1n) is 8.57. The highest BCUT2D eigenvalue weighted by molar-refractivity contribution is 6.39.